The molecule has 0 atom stereocenters. The molecular weight excluding hydrogens is 284 g/mol. The molecule has 0 radical (unpaired) electrons. The average Bonchev–Trinajstić information content (AvgIpc) is 2.33. The van der Waals surface area contributed by atoms with Crippen molar-refractivity contribution in [2.75, 3.05) is 10.5 Å². The van der Waals surface area contributed by atoms with Crippen LogP contribution in [0.1, 0.15) is 46.6 Å². The molecule has 5 heteroatoms. The molecule has 4 nitrogen and oxygen atoms in total. The summed E-state index contributed by atoms with van der Waals surface area (Å²) >= 11 is 0. The molecular formula is C16H28N2O2S. The van der Waals surface area contributed by atoms with E-state index in [1.165, 1.54) is 0 Å². The first-order chi connectivity index (χ1) is 9.57. The number of rotatable bonds is 7. The lowest BCUT2D eigenvalue weighted by molar-refractivity contribution is 0.397. The fraction of sp³-hybridized carbons (Fsp3) is 0.625. The summed E-state index contributed by atoms with van der Waals surface area (Å²) in [6.45, 7) is 11.0. The molecule has 0 saturated heterocycles. The smallest absolute Gasteiger partial charge is 0.232 e. The van der Waals surface area contributed by atoms with Crippen LogP contribution in [0.25, 0.3) is 0 Å². The molecule has 120 valence electrons. The Balaban J connectivity index is 2.67. The maximum atomic E-state index is 12.1. The Kier molecular flexibility index (Phi) is 6.23. The summed E-state index contributed by atoms with van der Waals surface area (Å²) in [6.07, 6.45) is 0.636. The Bertz CT molecular complexity index is 546. The van der Waals surface area contributed by atoms with Gasteiger partial charge in [0.05, 0.1) is 5.75 Å². The van der Waals surface area contributed by atoms with Gasteiger partial charge in [0.2, 0.25) is 10.0 Å². The lowest BCUT2D eigenvalue weighted by Gasteiger charge is -2.18. The third-order valence-corrected chi connectivity index (χ3v) is 4.32. The van der Waals surface area contributed by atoms with Crippen molar-refractivity contribution in [2.24, 2.45) is 5.41 Å². The second kappa shape index (κ2) is 7.27. The molecule has 0 heterocycles. The topological polar surface area (TPSA) is 58.2 Å². The lowest BCUT2D eigenvalue weighted by atomic mass is 9.94. The minimum atomic E-state index is -3.29. The number of hydrogen-bond acceptors (Lipinski definition) is 3. The van der Waals surface area contributed by atoms with E-state index in [9.17, 15) is 8.42 Å². The normalized spacial score (nSPS) is 12.7. The summed E-state index contributed by atoms with van der Waals surface area (Å²) in [5.74, 6) is 0.144. The van der Waals surface area contributed by atoms with Crippen molar-refractivity contribution in [3.8, 4) is 0 Å². The van der Waals surface area contributed by atoms with E-state index in [-0.39, 0.29) is 11.2 Å². The van der Waals surface area contributed by atoms with E-state index >= 15 is 0 Å². The van der Waals surface area contributed by atoms with Crippen LogP contribution in [0, 0.1) is 5.41 Å². The zero-order valence-corrected chi connectivity index (χ0v) is 14.5. The van der Waals surface area contributed by atoms with Gasteiger partial charge in [0.15, 0.2) is 0 Å². The molecule has 0 aliphatic carbocycles. The number of benzene rings is 1. The van der Waals surface area contributed by atoms with Crippen molar-refractivity contribution in [1.29, 1.82) is 0 Å². The molecule has 0 aliphatic heterocycles. The minimum Gasteiger partial charge on any atom is -0.310 e. The number of sulfonamides is 1. The third-order valence-electron chi connectivity index (χ3n) is 3.04. The molecule has 0 amide bonds. The molecule has 0 saturated carbocycles. The Hall–Kier alpha value is -1.07. The van der Waals surface area contributed by atoms with Crippen molar-refractivity contribution < 1.29 is 8.42 Å². The Morgan fingerprint density at radius 1 is 1.19 bits per heavy atom. The van der Waals surface area contributed by atoms with Crippen LogP contribution in [-0.2, 0) is 16.6 Å². The van der Waals surface area contributed by atoms with E-state index in [0.717, 1.165) is 12.1 Å². The van der Waals surface area contributed by atoms with Gasteiger partial charge in [0.1, 0.15) is 0 Å². The van der Waals surface area contributed by atoms with Gasteiger partial charge in [0, 0.05) is 18.3 Å². The first-order valence-corrected chi connectivity index (χ1v) is 9.05. The predicted molar refractivity (Wildman–Crippen MR) is 89.9 cm³/mol. The van der Waals surface area contributed by atoms with Crippen LogP contribution < -0.4 is 10.0 Å². The summed E-state index contributed by atoms with van der Waals surface area (Å²) in [4.78, 5) is 0. The van der Waals surface area contributed by atoms with Gasteiger partial charge in [-0.1, -0.05) is 46.8 Å². The lowest BCUT2D eigenvalue weighted by Crippen LogP contribution is -2.22. The highest BCUT2D eigenvalue weighted by Gasteiger charge is 2.17. The third kappa shape index (κ3) is 8.07. The van der Waals surface area contributed by atoms with Crippen molar-refractivity contribution in [1.82, 2.24) is 5.32 Å². The quantitative estimate of drug-likeness (QED) is 0.811. The maximum absolute atomic E-state index is 12.1. The van der Waals surface area contributed by atoms with Crippen LogP contribution in [0.4, 0.5) is 5.69 Å². The van der Waals surface area contributed by atoms with Gasteiger partial charge in [-0.15, -0.1) is 0 Å². The van der Waals surface area contributed by atoms with Gasteiger partial charge in [-0.2, -0.15) is 0 Å². The highest BCUT2D eigenvalue weighted by Crippen LogP contribution is 2.20. The van der Waals surface area contributed by atoms with Crippen molar-refractivity contribution in [2.45, 2.75) is 53.6 Å². The molecule has 1 aromatic carbocycles. The fourth-order valence-corrected chi connectivity index (χ4v) is 3.21. The second-order valence-corrected chi connectivity index (χ2v) is 8.81. The summed E-state index contributed by atoms with van der Waals surface area (Å²) in [5.41, 5.74) is 1.71. The zero-order valence-electron chi connectivity index (χ0n) is 13.7. The van der Waals surface area contributed by atoms with Crippen molar-refractivity contribution >= 4 is 15.7 Å². The molecule has 0 aliphatic rings. The van der Waals surface area contributed by atoms with Gasteiger partial charge in [-0.3, -0.25) is 4.72 Å². The number of nitrogens with one attached hydrogen (secondary N) is 2. The van der Waals surface area contributed by atoms with E-state index < -0.39 is 10.0 Å². The molecule has 0 spiro atoms. The highest BCUT2D eigenvalue weighted by atomic mass is 32.2. The zero-order chi connectivity index (χ0) is 16.1. The van der Waals surface area contributed by atoms with E-state index in [1.807, 2.05) is 39.0 Å². The summed E-state index contributed by atoms with van der Waals surface area (Å²) in [7, 11) is -3.29. The maximum Gasteiger partial charge on any atom is 0.232 e. The summed E-state index contributed by atoms with van der Waals surface area (Å²) in [5, 5.41) is 3.32. The molecule has 0 unspecified atom stereocenters. The molecule has 2 N–H and O–H groups in total. The van der Waals surface area contributed by atoms with Gasteiger partial charge in [0.25, 0.3) is 0 Å². The molecule has 0 fully saturated rings. The Morgan fingerprint density at radius 2 is 1.86 bits per heavy atom. The van der Waals surface area contributed by atoms with Crippen LogP contribution in [0.3, 0.4) is 0 Å². The van der Waals surface area contributed by atoms with Crippen molar-refractivity contribution in [3.05, 3.63) is 29.8 Å². The number of anilines is 1. The summed E-state index contributed by atoms with van der Waals surface area (Å²) < 4.78 is 26.9. The van der Waals surface area contributed by atoms with Crippen LogP contribution in [0.2, 0.25) is 0 Å². The van der Waals surface area contributed by atoms with Crippen LogP contribution in [-0.4, -0.2) is 20.2 Å². The molecule has 0 aromatic heterocycles. The van der Waals surface area contributed by atoms with E-state index in [2.05, 4.69) is 23.9 Å². The van der Waals surface area contributed by atoms with Crippen molar-refractivity contribution in [3.63, 3.8) is 0 Å². The van der Waals surface area contributed by atoms with E-state index in [4.69, 9.17) is 0 Å². The first-order valence-electron chi connectivity index (χ1n) is 7.40. The van der Waals surface area contributed by atoms with E-state index in [1.54, 1.807) is 6.07 Å². The molecule has 0 bridgehead atoms. The Morgan fingerprint density at radius 3 is 2.43 bits per heavy atom. The Labute approximate surface area is 129 Å². The fourth-order valence-electron chi connectivity index (χ4n) is 1.74. The predicted octanol–water partition coefficient (Wildman–Crippen LogP) is 3.36. The monoisotopic (exact) mass is 312 g/mol. The summed E-state index contributed by atoms with van der Waals surface area (Å²) in [6, 6.07) is 7.93. The minimum absolute atomic E-state index is 0.0117. The average molecular weight is 312 g/mol. The molecule has 21 heavy (non-hydrogen) atoms. The standard InChI is InChI=1S/C16H28N2O2S/c1-13(2)17-12-14-7-6-8-15(11-14)18-21(19,20)10-9-16(3,4)5/h6-8,11,13,17-18H,9-10,12H2,1-5H3. The van der Waals surface area contributed by atoms with Gasteiger partial charge < -0.3 is 5.32 Å². The molecule has 1 rings (SSSR count). The second-order valence-electron chi connectivity index (χ2n) is 6.97. The van der Waals surface area contributed by atoms with Gasteiger partial charge >= 0.3 is 0 Å². The van der Waals surface area contributed by atoms with E-state index in [0.29, 0.717) is 18.2 Å². The first kappa shape index (κ1) is 18.0. The van der Waals surface area contributed by atoms with Crippen LogP contribution >= 0.6 is 0 Å². The number of hydrogen-bond donors (Lipinski definition) is 2. The van der Waals surface area contributed by atoms with Gasteiger partial charge in [-0.05, 0) is 29.5 Å². The largest absolute Gasteiger partial charge is 0.310 e. The molecule has 1 aromatic rings. The SMILES string of the molecule is CC(C)NCc1cccc(NS(=O)(=O)CCC(C)(C)C)c1. The van der Waals surface area contributed by atoms with Crippen LogP contribution in [0.15, 0.2) is 24.3 Å². The highest BCUT2D eigenvalue weighted by molar-refractivity contribution is 7.92. The van der Waals surface area contributed by atoms with Gasteiger partial charge in [-0.25, -0.2) is 8.42 Å². The van der Waals surface area contributed by atoms with Crippen LogP contribution in [0.5, 0.6) is 0 Å².